The lowest BCUT2D eigenvalue weighted by atomic mass is 9.92. The molecule has 3 nitrogen and oxygen atoms in total. The zero-order valence-electron chi connectivity index (χ0n) is 10.7. The summed E-state index contributed by atoms with van der Waals surface area (Å²) in [6.07, 6.45) is 9.01. The van der Waals surface area contributed by atoms with Crippen molar-refractivity contribution in [1.82, 2.24) is 10.3 Å². The Morgan fingerprint density at radius 2 is 2.12 bits per heavy atom. The minimum absolute atomic E-state index is 0.382. The first kappa shape index (κ1) is 12.5. The molecule has 0 radical (unpaired) electrons. The van der Waals surface area contributed by atoms with E-state index in [0.717, 1.165) is 0 Å². The molecule has 1 fully saturated rings. The van der Waals surface area contributed by atoms with Crippen molar-refractivity contribution in [1.29, 1.82) is 0 Å². The van der Waals surface area contributed by atoms with Crippen molar-refractivity contribution in [2.75, 3.05) is 7.11 Å². The van der Waals surface area contributed by atoms with Crippen LogP contribution >= 0.6 is 0 Å². The zero-order chi connectivity index (χ0) is 12.1. The van der Waals surface area contributed by atoms with E-state index < -0.39 is 0 Å². The van der Waals surface area contributed by atoms with Gasteiger partial charge in [0.2, 0.25) is 0 Å². The van der Waals surface area contributed by atoms with Gasteiger partial charge in [0.25, 0.3) is 0 Å². The van der Waals surface area contributed by atoms with Gasteiger partial charge in [-0.25, -0.2) is 0 Å². The molecule has 1 aromatic rings. The van der Waals surface area contributed by atoms with Crippen LogP contribution in [0.3, 0.4) is 0 Å². The largest absolute Gasteiger partial charge is 0.381 e. The van der Waals surface area contributed by atoms with Gasteiger partial charge in [-0.1, -0.05) is 6.07 Å². The number of nitrogens with zero attached hydrogens (tertiary/aromatic N) is 1. The number of pyridine rings is 1. The number of rotatable bonds is 4. The average molecular weight is 234 g/mol. The predicted octanol–water partition coefficient (Wildman–Crippen LogP) is 2.69. The van der Waals surface area contributed by atoms with Crippen molar-refractivity contribution in [3.8, 4) is 0 Å². The molecular formula is C14H22N2O. The first-order valence-corrected chi connectivity index (χ1v) is 6.48. The van der Waals surface area contributed by atoms with Crippen LogP contribution in [-0.2, 0) is 4.74 Å². The lowest BCUT2D eigenvalue weighted by Crippen LogP contribution is -2.36. The van der Waals surface area contributed by atoms with Gasteiger partial charge in [-0.2, -0.15) is 0 Å². The Hall–Kier alpha value is -0.930. The van der Waals surface area contributed by atoms with Gasteiger partial charge in [-0.3, -0.25) is 4.98 Å². The number of nitrogens with one attached hydrogen (secondary N) is 1. The molecule has 0 unspecified atom stereocenters. The normalized spacial score (nSPS) is 26.7. The summed E-state index contributed by atoms with van der Waals surface area (Å²) in [4.78, 5) is 4.16. The number of ether oxygens (including phenoxy) is 1. The fraction of sp³-hybridized carbons (Fsp3) is 0.643. The standard InChI is InChI=1S/C14H22N2O/c1-11(12-4-3-9-15-10-12)16-13-5-7-14(17-2)8-6-13/h3-4,9-11,13-14,16H,5-8H2,1-2H3/t11-,13?,14?/m1/s1. The Bertz CT molecular complexity index is 320. The van der Waals surface area contributed by atoms with Crippen LogP contribution in [0.25, 0.3) is 0 Å². The number of hydrogen-bond acceptors (Lipinski definition) is 3. The third kappa shape index (κ3) is 3.51. The van der Waals surface area contributed by atoms with Crippen LogP contribution in [0.15, 0.2) is 24.5 Å². The molecule has 1 aliphatic rings. The smallest absolute Gasteiger partial charge is 0.0572 e. The Morgan fingerprint density at radius 3 is 2.71 bits per heavy atom. The third-order valence-corrected chi connectivity index (χ3v) is 3.68. The van der Waals surface area contributed by atoms with Crippen LogP contribution in [-0.4, -0.2) is 24.2 Å². The van der Waals surface area contributed by atoms with Gasteiger partial charge in [0, 0.05) is 31.6 Å². The monoisotopic (exact) mass is 234 g/mol. The van der Waals surface area contributed by atoms with Gasteiger partial charge < -0.3 is 10.1 Å². The van der Waals surface area contributed by atoms with Crippen molar-refractivity contribution >= 4 is 0 Å². The number of methoxy groups -OCH3 is 1. The van der Waals surface area contributed by atoms with Gasteiger partial charge in [-0.05, 0) is 44.2 Å². The van der Waals surface area contributed by atoms with E-state index >= 15 is 0 Å². The highest BCUT2D eigenvalue weighted by Crippen LogP contribution is 2.23. The van der Waals surface area contributed by atoms with Crippen LogP contribution in [0.1, 0.15) is 44.2 Å². The highest BCUT2D eigenvalue weighted by Gasteiger charge is 2.22. The molecule has 1 aliphatic carbocycles. The van der Waals surface area contributed by atoms with Crippen LogP contribution < -0.4 is 5.32 Å². The van der Waals surface area contributed by atoms with E-state index in [1.54, 1.807) is 0 Å². The molecular weight excluding hydrogens is 212 g/mol. The first-order chi connectivity index (χ1) is 8.29. The second kappa shape index (κ2) is 6.12. The van der Waals surface area contributed by atoms with Crippen LogP contribution in [0.4, 0.5) is 0 Å². The summed E-state index contributed by atoms with van der Waals surface area (Å²) in [7, 11) is 1.82. The van der Waals surface area contributed by atoms with E-state index in [9.17, 15) is 0 Å². The molecule has 0 saturated heterocycles. The molecule has 2 rings (SSSR count). The summed E-state index contributed by atoms with van der Waals surface area (Å²) in [5.41, 5.74) is 1.27. The summed E-state index contributed by atoms with van der Waals surface area (Å²) in [5.74, 6) is 0. The zero-order valence-corrected chi connectivity index (χ0v) is 10.7. The second-order valence-electron chi connectivity index (χ2n) is 4.88. The van der Waals surface area contributed by atoms with Gasteiger partial charge in [-0.15, -0.1) is 0 Å². The molecule has 1 aromatic heterocycles. The summed E-state index contributed by atoms with van der Waals surface area (Å²) in [6, 6.07) is 5.13. The maximum atomic E-state index is 5.39. The fourth-order valence-electron chi connectivity index (χ4n) is 2.55. The van der Waals surface area contributed by atoms with E-state index in [1.807, 2.05) is 25.6 Å². The highest BCUT2D eigenvalue weighted by molar-refractivity contribution is 5.13. The maximum absolute atomic E-state index is 5.39. The molecule has 3 heteroatoms. The van der Waals surface area contributed by atoms with Crippen molar-refractivity contribution in [3.63, 3.8) is 0 Å². The number of aromatic nitrogens is 1. The Labute approximate surface area is 104 Å². The molecule has 17 heavy (non-hydrogen) atoms. The van der Waals surface area contributed by atoms with E-state index in [1.165, 1.54) is 31.2 Å². The maximum Gasteiger partial charge on any atom is 0.0572 e. The van der Waals surface area contributed by atoms with Crippen LogP contribution in [0.2, 0.25) is 0 Å². The molecule has 0 amide bonds. The fourth-order valence-corrected chi connectivity index (χ4v) is 2.55. The van der Waals surface area contributed by atoms with E-state index in [4.69, 9.17) is 4.74 Å². The Morgan fingerprint density at radius 1 is 1.35 bits per heavy atom. The molecule has 1 heterocycles. The Kier molecular flexibility index (Phi) is 4.51. The SMILES string of the molecule is COC1CCC(N[C@H](C)c2cccnc2)CC1. The second-order valence-corrected chi connectivity index (χ2v) is 4.88. The lowest BCUT2D eigenvalue weighted by molar-refractivity contribution is 0.0614. The molecule has 1 N–H and O–H groups in total. The summed E-state index contributed by atoms with van der Waals surface area (Å²) < 4.78 is 5.39. The topological polar surface area (TPSA) is 34.1 Å². The molecule has 0 bridgehead atoms. The molecule has 1 saturated carbocycles. The van der Waals surface area contributed by atoms with Gasteiger partial charge in [0.1, 0.15) is 0 Å². The minimum Gasteiger partial charge on any atom is -0.381 e. The highest BCUT2D eigenvalue weighted by atomic mass is 16.5. The van der Waals surface area contributed by atoms with Crippen molar-refractivity contribution in [3.05, 3.63) is 30.1 Å². The predicted molar refractivity (Wildman–Crippen MR) is 68.8 cm³/mol. The van der Waals surface area contributed by atoms with E-state index in [-0.39, 0.29) is 0 Å². The molecule has 1 atom stereocenters. The lowest BCUT2D eigenvalue weighted by Gasteiger charge is -2.30. The summed E-state index contributed by atoms with van der Waals surface area (Å²) >= 11 is 0. The summed E-state index contributed by atoms with van der Waals surface area (Å²) in [6.45, 7) is 2.21. The minimum atomic E-state index is 0.382. The van der Waals surface area contributed by atoms with Crippen LogP contribution in [0, 0.1) is 0 Å². The van der Waals surface area contributed by atoms with Crippen molar-refractivity contribution in [2.24, 2.45) is 0 Å². The Balaban J connectivity index is 1.82. The van der Waals surface area contributed by atoms with Gasteiger partial charge >= 0.3 is 0 Å². The molecule has 94 valence electrons. The molecule has 0 spiro atoms. The van der Waals surface area contributed by atoms with E-state index in [0.29, 0.717) is 18.2 Å². The van der Waals surface area contributed by atoms with Crippen molar-refractivity contribution in [2.45, 2.75) is 50.8 Å². The quantitative estimate of drug-likeness (QED) is 0.869. The van der Waals surface area contributed by atoms with Gasteiger partial charge in [0.05, 0.1) is 6.10 Å². The van der Waals surface area contributed by atoms with E-state index in [2.05, 4.69) is 23.3 Å². The van der Waals surface area contributed by atoms with Gasteiger partial charge in [0.15, 0.2) is 0 Å². The summed E-state index contributed by atoms with van der Waals surface area (Å²) in [5, 5.41) is 3.68. The third-order valence-electron chi connectivity index (χ3n) is 3.68. The van der Waals surface area contributed by atoms with Crippen LogP contribution in [0.5, 0.6) is 0 Å². The first-order valence-electron chi connectivity index (χ1n) is 6.48. The molecule has 0 aliphatic heterocycles. The number of hydrogen-bond donors (Lipinski definition) is 1. The van der Waals surface area contributed by atoms with Crippen molar-refractivity contribution < 1.29 is 4.74 Å². The average Bonchev–Trinajstić information content (AvgIpc) is 2.40. The molecule has 0 aromatic carbocycles.